The Morgan fingerprint density at radius 1 is 1.04 bits per heavy atom. The Balaban J connectivity index is 1.65. The van der Waals surface area contributed by atoms with Crippen LogP contribution in [0.25, 0.3) is 22.7 Å². The van der Waals surface area contributed by atoms with Crippen LogP contribution in [0.3, 0.4) is 0 Å². The highest BCUT2D eigenvalue weighted by Gasteiger charge is 2.13. The van der Waals surface area contributed by atoms with Gasteiger partial charge in [0.15, 0.2) is 0 Å². The Morgan fingerprint density at radius 2 is 1.80 bits per heavy atom. The van der Waals surface area contributed by atoms with Gasteiger partial charge in [-0.25, -0.2) is 4.98 Å². The number of aryl methyl sites for hydroxylation is 1. The first kappa shape index (κ1) is 15.2. The van der Waals surface area contributed by atoms with Crippen LogP contribution in [0.15, 0.2) is 71.3 Å². The van der Waals surface area contributed by atoms with Gasteiger partial charge in [0, 0.05) is 11.6 Å². The summed E-state index contributed by atoms with van der Waals surface area (Å²) in [6, 6.07) is 20.0. The van der Waals surface area contributed by atoms with Crippen LogP contribution in [0.2, 0.25) is 0 Å². The highest BCUT2D eigenvalue weighted by atomic mass is 16.3. The van der Waals surface area contributed by atoms with E-state index >= 15 is 0 Å². The monoisotopic (exact) mass is 330 g/mol. The van der Waals surface area contributed by atoms with E-state index in [9.17, 15) is 0 Å². The summed E-state index contributed by atoms with van der Waals surface area (Å²) in [5, 5.41) is 4.39. The standard InChI is InChI=1S/C20H18N4O/c1-14-7-5-6-10-17(14)20-22-16(13-25-20)12-24-18(11-19(21)23-24)15-8-3-2-4-9-15/h2-11,13H,12H2,1H3,(H2,21,23). The maximum atomic E-state index is 5.91. The van der Waals surface area contributed by atoms with Crippen LogP contribution in [0, 0.1) is 6.92 Å². The van der Waals surface area contributed by atoms with Crippen molar-refractivity contribution < 1.29 is 4.42 Å². The molecule has 5 heteroatoms. The Hall–Kier alpha value is -3.34. The summed E-state index contributed by atoms with van der Waals surface area (Å²) in [4.78, 5) is 4.61. The largest absolute Gasteiger partial charge is 0.444 e. The molecule has 0 aliphatic carbocycles. The van der Waals surface area contributed by atoms with E-state index in [-0.39, 0.29) is 0 Å². The summed E-state index contributed by atoms with van der Waals surface area (Å²) in [5.74, 6) is 1.11. The highest BCUT2D eigenvalue weighted by molar-refractivity contribution is 5.63. The Kier molecular flexibility index (Phi) is 3.82. The van der Waals surface area contributed by atoms with Crippen molar-refractivity contribution in [1.29, 1.82) is 0 Å². The van der Waals surface area contributed by atoms with Gasteiger partial charge in [0.25, 0.3) is 0 Å². The predicted molar refractivity (Wildman–Crippen MR) is 97.9 cm³/mol. The summed E-state index contributed by atoms with van der Waals surface area (Å²) in [6.45, 7) is 2.54. The number of aromatic nitrogens is 3. The third-order valence-corrected chi connectivity index (χ3v) is 4.11. The van der Waals surface area contributed by atoms with E-state index in [1.165, 1.54) is 0 Å². The van der Waals surface area contributed by atoms with E-state index in [4.69, 9.17) is 10.2 Å². The molecule has 0 saturated heterocycles. The summed E-state index contributed by atoms with van der Waals surface area (Å²) in [5.41, 5.74) is 10.9. The number of hydrogen-bond donors (Lipinski definition) is 1. The molecule has 2 heterocycles. The second kappa shape index (κ2) is 6.28. The third-order valence-electron chi connectivity index (χ3n) is 4.11. The van der Waals surface area contributed by atoms with Crippen molar-refractivity contribution >= 4 is 5.82 Å². The Morgan fingerprint density at radius 3 is 2.60 bits per heavy atom. The van der Waals surface area contributed by atoms with Gasteiger partial charge in [-0.05, 0) is 24.1 Å². The smallest absolute Gasteiger partial charge is 0.226 e. The normalized spacial score (nSPS) is 10.9. The molecule has 0 atom stereocenters. The molecule has 0 aliphatic heterocycles. The van der Waals surface area contributed by atoms with Gasteiger partial charge in [-0.15, -0.1) is 0 Å². The van der Waals surface area contributed by atoms with Crippen molar-refractivity contribution in [2.45, 2.75) is 13.5 Å². The lowest BCUT2D eigenvalue weighted by Crippen LogP contribution is -2.04. The topological polar surface area (TPSA) is 69.9 Å². The van der Waals surface area contributed by atoms with E-state index in [2.05, 4.69) is 10.1 Å². The van der Waals surface area contributed by atoms with Gasteiger partial charge in [-0.3, -0.25) is 4.68 Å². The molecule has 0 radical (unpaired) electrons. The first-order chi connectivity index (χ1) is 12.2. The van der Waals surface area contributed by atoms with E-state index < -0.39 is 0 Å². The van der Waals surface area contributed by atoms with E-state index in [0.717, 1.165) is 28.1 Å². The molecule has 0 fully saturated rings. The van der Waals surface area contributed by atoms with E-state index in [0.29, 0.717) is 18.3 Å². The zero-order valence-electron chi connectivity index (χ0n) is 13.9. The molecular weight excluding hydrogens is 312 g/mol. The SMILES string of the molecule is Cc1ccccc1-c1nc(Cn2nc(N)cc2-c2ccccc2)co1. The van der Waals surface area contributed by atoms with Crippen molar-refractivity contribution in [3.63, 3.8) is 0 Å². The lowest BCUT2D eigenvalue weighted by molar-refractivity contribution is 0.569. The minimum absolute atomic E-state index is 0.487. The second-order valence-electron chi connectivity index (χ2n) is 5.94. The van der Waals surface area contributed by atoms with Crippen molar-refractivity contribution in [3.05, 3.63) is 78.2 Å². The van der Waals surface area contributed by atoms with Crippen LogP contribution in [-0.4, -0.2) is 14.8 Å². The van der Waals surface area contributed by atoms with Crippen LogP contribution in [-0.2, 0) is 6.54 Å². The van der Waals surface area contributed by atoms with Crippen LogP contribution in [0.4, 0.5) is 5.82 Å². The molecule has 0 bridgehead atoms. The molecule has 2 aromatic carbocycles. The number of anilines is 1. The first-order valence-corrected chi connectivity index (χ1v) is 8.10. The van der Waals surface area contributed by atoms with Crippen molar-refractivity contribution in [2.75, 3.05) is 5.73 Å². The average molecular weight is 330 g/mol. The van der Waals surface area contributed by atoms with Gasteiger partial charge in [0.2, 0.25) is 5.89 Å². The molecule has 4 aromatic rings. The lowest BCUT2D eigenvalue weighted by Gasteiger charge is -2.05. The van der Waals surface area contributed by atoms with Crippen LogP contribution < -0.4 is 5.73 Å². The molecule has 25 heavy (non-hydrogen) atoms. The van der Waals surface area contributed by atoms with Crippen molar-refractivity contribution in [2.24, 2.45) is 0 Å². The maximum Gasteiger partial charge on any atom is 0.226 e. The number of nitrogens with two attached hydrogens (primary N) is 1. The fourth-order valence-corrected chi connectivity index (χ4v) is 2.87. The summed E-state index contributed by atoms with van der Waals surface area (Å²) >= 11 is 0. The molecule has 2 aromatic heterocycles. The molecular formula is C20H18N4O. The zero-order valence-corrected chi connectivity index (χ0v) is 13.9. The third kappa shape index (κ3) is 3.04. The van der Waals surface area contributed by atoms with Crippen LogP contribution in [0.1, 0.15) is 11.3 Å². The van der Waals surface area contributed by atoms with E-state index in [1.54, 1.807) is 6.26 Å². The van der Waals surface area contributed by atoms with Gasteiger partial charge < -0.3 is 10.2 Å². The maximum absolute atomic E-state index is 5.91. The number of benzene rings is 2. The van der Waals surface area contributed by atoms with Crippen LogP contribution in [0.5, 0.6) is 0 Å². The number of oxazole rings is 1. The molecule has 5 nitrogen and oxygen atoms in total. The summed E-state index contributed by atoms with van der Waals surface area (Å²) in [7, 11) is 0. The van der Waals surface area contributed by atoms with Crippen LogP contribution >= 0.6 is 0 Å². The van der Waals surface area contributed by atoms with E-state index in [1.807, 2.05) is 72.3 Å². The first-order valence-electron chi connectivity index (χ1n) is 8.10. The van der Waals surface area contributed by atoms with Gasteiger partial charge in [0.05, 0.1) is 12.2 Å². The molecule has 4 rings (SSSR count). The number of rotatable bonds is 4. The number of nitrogens with zero attached hydrogens (tertiary/aromatic N) is 3. The fourth-order valence-electron chi connectivity index (χ4n) is 2.87. The van der Waals surface area contributed by atoms with Gasteiger partial charge >= 0.3 is 0 Å². The van der Waals surface area contributed by atoms with Crippen molar-refractivity contribution in [3.8, 4) is 22.7 Å². The predicted octanol–water partition coefficient (Wildman–Crippen LogP) is 4.14. The Bertz CT molecular complexity index is 1000. The second-order valence-corrected chi connectivity index (χ2v) is 5.94. The Labute approximate surface area is 145 Å². The molecule has 0 amide bonds. The quantitative estimate of drug-likeness (QED) is 0.610. The minimum Gasteiger partial charge on any atom is -0.444 e. The average Bonchev–Trinajstić information content (AvgIpc) is 3.23. The fraction of sp³-hybridized carbons (Fsp3) is 0.100. The van der Waals surface area contributed by atoms with Gasteiger partial charge in [-0.1, -0.05) is 48.5 Å². The van der Waals surface area contributed by atoms with Gasteiger partial charge in [-0.2, -0.15) is 5.10 Å². The molecule has 0 unspecified atom stereocenters. The zero-order chi connectivity index (χ0) is 17.2. The van der Waals surface area contributed by atoms with Gasteiger partial charge in [0.1, 0.15) is 17.8 Å². The molecule has 124 valence electrons. The minimum atomic E-state index is 0.487. The number of hydrogen-bond acceptors (Lipinski definition) is 4. The summed E-state index contributed by atoms with van der Waals surface area (Å²) < 4.78 is 7.52. The molecule has 0 spiro atoms. The molecule has 0 saturated carbocycles. The lowest BCUT2D eigenvalue weighted by atomic mass is 10.1. The highest BCUT2D eigenvalue weighted by Crippen LogP contribution is 2.25. The molecule has 0 aliphatic rings. The molecule has 2 N–H and O–H groups in total. The van der Waals surface area contributed by atoms with Crippen molar-refractivity contribution in [1.82, 2.24) is 14.8 Å². The summed E-state index contributed by atoms with van der Waals surface area (Å²) in [6.07, 6.45) is 1.68. The number of nitrogen functional groups attached to an aromatic ring is 1.